The van der Waals surface area contributed by atoms with E-state index in [1.165, 1.54) is 0 Å². The second-order valence-corrected chi connectivity index (χ2v) is 7.96. The van der Waals surface area contributed by atoms with Gasteiger partial charge in [-0.1, -0.05) is 19.9 Å². The van der Waals surface area contributed by atoms with Gasteiger partial charge in [0.2, 0.25) is 11.8 Å². The smallest absolute Gasteiger partial charge is 0.242 e. The zero-order valence-electron chi connectivity index (χ0n) is 17.6. The predicted octanol–water partition coefficient (Wildman–Crippen LogP) is 1.72. The highest BCUT2D eigenvalue weighted by molar-refractivity contribution is 5.85. The van der Waals surface area contributed by atoms with Crippen molar-refractivity contribution >= 4 is 11.8 Å². The fraction of sp³-hybridized carbons (Fsp3) is 0.500. The van der Waals surface area contributed by atoms with Gasteiger partial charge >= 0.3 is 0 Å². The van der Waals surface area contributed by atoms with Crippen molar-refractivity contribution in [3.8, 4) is 0 Å². The van der Waals surface area contributed by atoms with E-state index in [1.807, 2.05) is 17.0 Å². The number of carbonyl (C=O) groups excluding carboxylic acids is 2. The molecule has 3 heterocycles. The van der Waals surface area contributed by atoms with Crippen molar-refractivity contribution < 1.29 is 14.3 Å². The van der Waals surface area contributed by atoms with Crippen LogP contribution < -0.4 is 0 Å². The maximum Gasteiger partial charge on any atom is 0.242 e. The lowest BCUT2D eigenvalue weighted by molar-refractivity contribution is -0.139. The standard InChI is InChI=1S/C22H29N5O3/c1-17(2)12-26-13-20(30-16-18-4-3-7-23-10-18)14-27(15-22(26)29)21(28)6-5-19-11-24-8-9-25-19/h3-4,7-11,17,20H,5-6,12-16H2,1-2H3/t20-/m0/s1. The molecule has 1 aliphatic heterocycles. The molecule has 0 N–H and O–H groups in total. The van der Waals surface area contributed by atoms with E-state index >= 15 is 0 Å². The van der Waals surface area contributed by atoms with Crippen LogP contribution in [0.25, 0.3) is 0 Å². The fourth-order valence-electron chi connectivity index (χ4n) is 3.44. The molecule has 0 aromatic carbocycles. The number of nitrogens with zero attached hydrogens (tertiary/aromatic N) is 5. The highest BCUT2D eigenvalue weighted by atomic mass is 16.5. The molecule has 1 aliphatic rings. The van der Waals surface area contributed by atoms with Crippen molar-refractivity contribution in [2.45, 2.75) is 39.4 Å². The highest BCUT2D eigenvalue weighted by Crippen LogP contribution is 2.14. The van der Waals surface area contributed by atoms with Crippen LogP contribution in [-0.4, -0.2) is 68.8 Å². The molecular formula is C22H29N5O3. The number of carbonyl (C=O) groups is 2. The van der Waals surface area contributed by atoms with E-state index in [0.29, 0.717) is 38.6 Å². The third kappa shape index (κ3) is 6.59. The van der Waals surface area contributed by atoms with E-state index in [1.54, 1.807) is 35.9 Å². The van der Waals surface area contributed by atoms with E-state index in [2.05, 4.69) is 28.8 Å². The van der Waals surface area contributed by atoms with Crippen LogP contribution in [0.2, 0.25) is 0 Å². The lowest BCUT2D eigenvalue weighted by atomic mass is 10.2. The molecule has 30 heavy (non-hydrogen) atoms. The summed E-state index contributed by atoms with van der Waals surface area (Å²) in [4.78, 5) is 41.4. The van der Waals surface area contributed by atoms with Gasteiger partial charge < -0.3 is 14.5 Å². The summed E-state index contributed by atoms with van der Waals surface area (Å²) in [5.41, 5.74) is 1.72. The zero-order valence-corrected chi connectivity index (χ0v) is 17.6. The van der Waals surface area contributed by atoms with Crippen LogP contribution in [0.5, 0.6) is 0 Å². The molecule has 8 heteroatoms. The van der Waals surface area contributed by atoms with Crippen LogP contribution >= 0.6 is 0 Å². The van der Waals surface area contributed by atoms with Crippen LogP contribution in [0.3, 0.4) is 0 Å². The van der Waals surface area contributed by atoms with Gasteiger partial charge in [0, 0.05) is 57.0 Å². The molecule has 160 valence electrons. The first-order valence-electron chi connectivity index (χ1n) is 10.3. The van der Waals surface area contributed by atoms with Gasteiger partial charge in [-0.15, -0.1) is 0 Å². The Morgan fingerprint density at radius 1 is 1.20 bits per heavy atom. The summed E-state index contributed by atoms with van der Waals surface area (Å²) in [6, 6.07) is 3.81. The summed E-state index contributed by atoms with van der Waals surface area (Å²) >= 11 is 0. The van der Waals surface area contributed by atoms with Gasteiger partial charge in [-0.2, -0.15) is 0 Å². The van der Waals surface area contributed by atoms with Crippen molar-refractivity contribution in [1.29, 1.82) is 0 Å². The molecule has 0 saturated carbocycles. The van der Waals surface area contributed by atoms with Crippen LogP contribution in [0.15, 0.2) is 43.1 Å². The molecule has 8 nitrogen and oxygen atoms in total. The highest BCUT2D eigenvalue weighted by Gasteiger charge is 2.31. The Bertz CT molecular complexity index is 816. The third-order valence-corrected chi connectivity index (χ3v) is 4.89. The molecule has 0 aliphatic carbocycles. The first-order valence-corrected chi connectivity index (χ1v) is 10.3. The molecule has 0 radical (unpaired) electrons. The maximum atomic E-state index is 12.9. The number of aromatic nitrogens is 3. The van der Waals surface area contributed by atoms with Crippen molar-refractivity contribution in [2.24, 2.45) is 5.92 Å². The predicted molar refractivity (Wildman–Crippen MR) is 111 cm³/mol. The molecule has 1 saturated heterocycles. The minimum absolute atomic E-state index is 0.0379. The second kappa shape index (κ2) is 10.8. The molecule has 0 spiro atoms. The largest absolute Gasteiger partial charge is 0.370 e. The molecule has 2 aromatic rings. The first kappa shape index (κ1) is 21.8. The number of ether oxygens (including phenoxy) is 1. The monoisotopic (exact) mass is 411 g/mol. The van der Waals surface area contributed by atoms with E-state index < -0.39 is 0 Å². The molecule has 3 rings (SSSR count). The van der Waals surface area contributed by atoms with Gasteiger partial charge in [-0.05, 0) is 24.0 Å². The molecule has 2 aromatic heterocycles. The van der Waals surface area contributed by atoms with Gasteiger partial charge in [0.25, 0.3) is 0 Å². The Kier molecular flexibility index (Phi) is 7.84. The Labute approximate surface area is 177 Å². The average Bonchev–Trinajstić information content (AvgIpc) is 2.90. The fourth-order valence-corrected chi connectivity index (χ4v) is 3.44. The lowest BCUT2D eigenvalue weighted by Gasteiger charge is -2.26. The Balaban J connectivity index is 1.65. The van der Waals surface area contributed by atoms with E-state index in [0.717, 1.165) is 11.3 Å². The number of aryl methyl sites for hydroxylation is 1. The summed E-state index contributed by atoms with van der Waals surface area (Å²) in [5.74, 6) is 0.228. The molecule has 2 amide bonds. The van der Waals surface area contributed by atoms with Crippen molar-refractivity contribution in [1.82, 2.24) is 24.8 Å². The molecule has 0 bridgehead atoms. The van der Waals surface area contributed by atoms with Gasteiger partial charge in [0.1, 0.15) is 0 Å². The van der Waals surface area contributed by atoms with E-state index in [9.17, 15) is 9.59 Å². The minimum Gasteiger partial charge on any atom is -0.370 e. The number of amides is 2. The molecule has 1 atom stereocenters. The van der Waals surface area contributed by atoms with Crippen LogP contribution in [0, 0.1) is 5.92 Å². The SMILES string of the molecule is CC(C)CN1C[C@H](OCc2cccnc2)CN(C(=O)CCc2cnccn2)CC1=O. The van der Waals surface area contributed by atoms with E-state index in [-0.39, 0.29) is 30.9 Å². The summed E-state index contributed by atoms with van der Waals surface area (Å²) in [6.07, 6.45) is 8.88. The Morgan fingerprint density at radius 3 is 2.73 bits per heavy atom. The number of pyridine rings is 1. The van der Waals surface area contributed by atoms with Gasteiger partial charge in [0.05, 0.1) is 24.9 Å². The maximum absolute atomic E-state index is 12.9. The Morgan fingerprint density at radius 2 is 2.03 bits per heavy atom. The summed E-state index contributed by atoms with van der Waals surface area (Å²) in [6.45, 7) is 6.14. The lowest BCUT2D eigenvalue weighted by Crippen LogP contribution is -2.40. The van der Waals surface area contributed by atoms with Crippen molar-refractivity contribution in [3.63, 3.8) is 0 Å². The molecule has 1 fully saturated rings. The third-order valence-electron chi connectivity index (χ3n) is 4.89. The minimum atomic E-state index is -0.254. The summed E-state index contributed by atoms with van der Waals surface area (Å²) in [5, 5.41) is 0. The summed E-state index contributed by atoms with van der Waals surface area (Å²) < 4.78 is 6.10. The van der Waals surface area contributed by atoms with Crippen molar-refractivity contribution in [3.05, 3.63) is 54.4 Å². The van der Waals surface area contributed by atoms with Gasteiger partial charge in [-0.3, -0.25) is 24.5 Å². The Hall–Kier alpha value is -2.87. The van der Waals surface area contributed by atoms with Gasteiger partial charge in [0.15, 0.2) is 0 Å². The molecular weight excluding hydrogens is 382 g/mol. The molecule has 0 unspecified atom stereocenters. The van der Waals surface area contributed by atoms with Crippen LogP contribution in [0.1, 0.15) is 31.5 Å². The first-order chi connectivity index (χ1) is 14.5. The number of rotatable bonds is 8. The normalized spacial score (nSPS) is 17.3. The quantitative estimate of drug-likeness (QED) is 0.657. The van der Waals surface area contributed by atoms with Crippen LogP contribution in [-0.2, 0) is 27.4 Å². The van der Waals surface area contributed by atoms with Crippen molar-refractivity contribution in [2.75, 3.05) is 26.2 Å². The van der Waals surface area contributed by atoms with Crippen LogP contribution in [0.4, 0.5) is 0 Å². The topological polar surface area (TPSA) is 88.5 Å². The van der Waals surface area contributed by atoms with E-state index in [4.69, 9.17) is 4.74 Å². The average molecular weight is 412 g/mol. The summed E-state index contributed by atoms with van der Waals surface area (Å²) in [7, 11) is 0. The second-order valence-electron chi connectivity index (χ2n) is 7.96. The number of hydrogen-bond acceptors (Lipinski definition) is 6. The van der Waals surface area contributed by atoms with Gasteiger partial charge in [-0.25, -0.2) is 0 Å². The zero-order chi connectivity index (χ0) is 21.3. The number of hydrogen-bond donors (Lipinski definition) is 0.